The standard InChI is InChI=1S/C25H35FN4O2/c26-20-7-6-18-8-11-29-25(22(18)16-20)30-14-9-21(10-15-30)27-12-13-28-23(17-24(31)32)19-4-2-1-3-5-19/h6-8,11,16,19,21,23,27-28H,1-5,9-10,12-15,17H2,(H,31,32)/p-1. The number of halogens is 1. The molecule has 1 aliphatic carbocycles. The number of fused-ring (bicyclic) bond motifs is 1. The van der Waals surface area contributed by atoms with Gasteiger partial charge in [-0.1, -0.05) is 25.3 Å². The number of pyridine rings is 1. The van der Waals surface area contributed by atoms with Gasteiger partial charge in [-0.2, -0.15) is 0 Å². The Kier molecular flexibility index (Phi) is 7.92. The van der Waals surface area contributed by atoms with Crippen LogP contribution in [0.4, 0.5) is 10.2 Å². The van der Waals surface area contributed by atoms with E-state index in [1.807, 2.05) is 6.07 Å². The highest BCUT2D eigenvalue weighted by molar-refractivity contribution is 5.92. The van der Waals surface area contributed by atoms with Gasteiger partial charge in [0, 0.05) is 62.2 Å². The number of aliphatic carboxylic acids is 1. The normalized spacial score (nSPS) is 19.3. The van der Waals surface area contributed by atoms with Gasteiger partial charge in [0.1, 0.15) is 11.6 Å². The highest BCUT2D eigenvalue weighted by Gasteiger charge is 2.24. The van der Waals surface area contributed by atoms with Gasteiger partial charge in [-0.25, -0.2) is 9.37 Å². The smallest absolute Gasteiger partial charge is 0.136 e. The van der Waals surface area contributed by atoms with E-state index in [2.05, 4.69) is 20.5 Å². The molecule has 2 aliphatic rings. The van der Waals surface area contributed by atoms with Crippen molar-refractivity contribution in [3.05, 3.63) is 36.3 Å². The fourth-order valence-corrected chi connectivity index (χ4v) is 5.33. The van der Waals surface area contributed by atoms with Crippen molar-refractivity contribution in [3.63, 3.8) is 0 Å². The van der Waals surface area contributed by atoms with Crippen LogP contribution in [0.15, 0.2) is 30.5 Å². The van der Waals surface area contributed by atoms with E-state index in [1.165, 1.54) is 25.3 Å². The van der Waals surface area contributed by atoms with Gasteiger partial charge < -0.3 is 25.4 Å². The minimum Gasteiger partial charge on any atom is -0.550 e. The molecule has 0 radical (unpaired) electrons. The van der Waals surface area contributed by atoms with E-state index in [0.29, 0.717) is 12.0 Å². The number of piperidine rings is 1. The zero-order valence-electron chi connectivity index (χ0n) is 18.7. The lowest BCUT2D eigenvalue weighted by molar-refractivity contribution is -0.306. The predicted octanol–water partition coefficient (Wildman–Crippen LogP) is 2.61. The molecule has 2 heterocycles. The molecule has 1 aromatic carbocycles. The molecule has 32 heavy (non-hydrogen) atoms. The fraction of sp³-hybridized carbons (Fsp3) is 0.600. The second-order valence-corrected chi connectivity index (χ2v) is 9.25. The number of carboxylic acids is 1. The average molecular weight is 442 g/mol. The Balaban J connectivity index is 1.23. The molecule has 2 fully saturated rings. The van der Waals surface area contributed by atoms with Crippen LogP contribution in [0.3, 0.4) is 0 Å². The lowest BCUT2D eigenvalue weighted by Gasteiger charge is -2.34. The van der Waals surface area contributed by atoms with Crippen molar-refractivity contribution in [1.29, 1.82) is 0 Å². The molecule has 1 atom stereocenters. The number of anilines is 1. The highest BCUT2D eigenvalue weighted by Crippen LogP contribution is 2.28. The van der Waals surface area contributed by atoms with Gasteiger partial charge >= 0.3 is 0 Å². The molecule has 0 spiro atoms. The SMILES string of the molecule is O=C([O-])CC(NCCNC1CCN(c2nccc3ccc(F)cc23)CC1)C1CCCCC1. The maximum Gasteiger partial charge on any atom is 0.136 e. The van der Waals surface area contributed by atoms with E-state index in [4.69, 9.17) is 0 Å². The Hall–Kier alpha value is -2.25. The third-order valence-corrected chi connectivity index (χ3v) is 7.07. The number of hydrogen-bond donors (Lipinski definition) is 2. The first-order valence-electron chi connectivity index (χ1n) is 12.1. The number of nitrogens with zero attached hydrogens (tertiary/aromatic N) is 2. The maximum absolute atomic E-state index is 13.8. The summed E-state index contributed by atoms with van der Waals surface area (Å²) in [5.74, 6) is 0.110. The number of rotatable bonds is 9. The molecule has 0 bridgehead atoms. The predicted molar refractivity (Wildman–Crippen MR) is 123 cm³/mol. The molecule has 7 heteroatoms. The zero-order chi connectivity index (χ0) is 22.3. The molecular weight excluding hydrogens is 407 g/mol. The van der Waals surface area contributed by atoms with Crippen molar-refractivity contribution in [3.8, 4) is 0 Å². The van der Waals surface area contributed by atoms with E-state index in [9.17, 15) is 14.3 Å². The summed E-state index contributed by atoms with van der Waals surface area (Å²) in [7, 11) is 0. The summed E-state index contributed by atoms with van der Waals surface area (Å²) in [4.78, 5) is 18.0. The minimum absolute atomic E-state index is 0.0155. The van der Waals surface area contributed by atoms with E-state index in [1.54, 1.807) is 18.3 Å². The number of hydrogen-bond acceptors (Lipinski definition) is 6. The molecule has 1 saturated carbocycles. The summed E-state index contributed by atoms with van der Waals surface area (Å²) >= 11 is 0. The Morgan fingerprint density at radius 1 is 1.12 bits per heavy atom. The van der Waals surface area contributed by atoms with Gasteiger partial charge in [-0.3, -0.25) is 0 Å². The Labute approximate surface area is 189 Å². The van der Waals surface area contributed by atoms with Gasteiger partial charge in [0.15, 0.2) is 0 Å². The molecule has 1 aliphatic heterocycles. The van der Waals surface area contributed by atoms with Crippen molar-refractivity contribution >= 4 is 22.6 Å². The number of benzene rings is 1. The molecule has 1 unspecified atom stereocenters. The van der Waals surface area contributed by atoms with E-state index in [-0.39, 0.29) is 18.3 Å². The average Bonchev–Trinajstić information content (AvgIpc) is 2.81. The lowest BCUT2D eigenvalue weighted by Crippen LogP contribution is -2.47. The third-order valence-electron chi connectivity index (χ3n) is 7.07. The maximum atomic E-state index is 13.8. The van der Waals surface area contributed by atoms with E-state index in [0.717, 1.165) is 68.5 Å². The first-order valence-corrected chi connectivity index (χ1v) is 12.1. The Morgan fingerprint density at radius 2 is 1.91 bits per heavy atom. The summed E-state index contributed by atoms with van der Waals surface area (Å²) in [6, 6.07) is 7.22. The van der Waals surface area contributed by atoms with Gasteiger partial charge in [0.25, 0.3) is 0 Å². The van der Waals surface area contributed by atoms with Crippen molar-refractivity contribution < 1.29 is 14.3 Å². The second-order valence-electron chi connectivity index (χ2n) is 9.25. The second kappa shape index (κ2) is 11.1. The first kappa shape index (κ1) is 22.9. The summed E-state index contributed by atoms with van der Waals surface area (Å²) in [6.07, 6.45) is 9.78. The monoisotopic (exact) mass is 441 g/mol. The van der Waals surface area contributed by atoms with Crippen LogP contribution >= 0.6 is 0 Å². The van der Waals surface area contributed by atoms with Crippen LogP contribution in [0.2, 0.25) is 0 Å². The van der Waals surface area contributed by atoms with Crippen LogP contribution in [0, 0.1) is 11.7 Å². The largest absolute Gasteiger partial charge is 0.550 e. The quantitative estimate of drug-likeness (QED) is 0.583. The van der Waals surface area contributed by atoms with Crippen LogP contribution in [0.1, 0.15) is 51.4 Å². The topological polar surface area (TPSA) is 80.3 Å². The molecule has 0 amide bonds. The van der Waals surface area contributed by atoms with Crippen LogP contribution in [0.25, 0.3) is 10.8 Å². The summed E-state index contributed by atoms with van der Waals surface area (Å²) in [5, 5.41) is 20.2. The number of nitrogens with one attached hydrogen (secondary N) is 2. The van der Waals surface area contributed by atoms with Gasteiger partial charge in [-0.15, -0.1) is 0 Å². The van der Waals surface area contributed by atoms with E-state index >= 15 is 0 Å². The molecule has 2 N–H and O–H groups in total. The molecule has 2 aromatic rings. The Morgan fingerprint density at radius 3 is 2.66 bits per heavy atom. The van der Waals surface area contributed by atoms with Crippen molar-refractivity contribution in [1.82, 2.24) is 15.6 Å². The molecular formula is C25H34FN4O2-. The lowest BCUT2D eigenvalue weighted by atomic mass is 9.82. The molecule has 1 saturated heterocycles. The van der Waals surface area contributed by atoms with Crippen LogP contribution in [-0.4, -0.2) is 49.2 Å². The molecule has 1 aromatic heterocycles. The number of carbonyl (C=O) groups is 1. The van der Waals surface area contributed by atoms with Crippen molar-refractivity contribution in [2.45, 2.75) is 63.5 Å². The van der Waals surface area contributed by atoms with E-state index < -0.39 is 5.97 Å². The van der Waals surface area contributed by atoms with Crippen LogP contribution in [0.5, 0.6) is 0 Å². The summed E-state index contributed by atoms with van der Waals surface area (Å²) in [6.45, 7) is 3.34. The van der Waals surface area contributed by atoms with Crippen LogP contribution in [-0.2, 0) is 4.79 Å². The third kappa shape index (κ3) is 5.95. The summed E-state index contributed by atoms with van der Waals surface area (Å²) in [5.41, 5.74) is 0. The number of carboxylic acid groups (broad SMARTS) is 1. The van der Waals surface area contributed by atoms with Crippen LogP contribution < -0.4 is 20.6 Å². The number of aromatic nitrogens is 1. The Bertz CT molecular complexity index is 895. The minimum atomic E-state index is -0.963. The molecule has 4 rings (SSSR count). The summed E-state index contributed by atoms with van der Waals surface area (Å²) < 4.78 is 13.8. The van der Waals surface area contributed by atoms with Crippen molar-refractivity contribution in [2.75, 3.05) is 31.1 Å². The van der Waals surface area contributed by atoms with Gasteiger partial charge in [-0.05, 0) is 55.2 Å². The zero-order valence-corrected chi connectivity index (χ0v) is 18.7. The fourth-order valence-electron chi connectivity index (χ4n) is 5.33. The molecule has 174 valence electrons. The van der Waals surface area contributed by atoms with Crippen molar-refractivity contribution in [2.24, 2.45) is 5.92 Å². The number of carbonyl (C=O) groups excluding carboxylic acids is 1. The molecule has 6 nitrogen and oxygen atoms in total. The van der Waals surface area contributed by atoms with Gasteiger partial charge in [0.2, 0.25) is 0 Å². The van der Waals surface area contributed by atoms with Gasteiger partial charge in [0.05, 0.1) is 0 Å². The highest BCUT2D eigenvalue weighted by atomic mass is 19.1. The first-order chi connectivity index (χ1) is 15.6.